The van der Waals surface area contributed by atoms with Crippen molar-refractivity contribution in [3.8, 4) is 5.69 Å². The van der Waals surface area contributed by atoms with Gasteiger partial charge in [0.25, 0.3) is 11.8 Å². The van der Waals surface area contributed by atoms with Crippen molar-refractivity contribution in [2.75, 3.05) is 13.1 Å². The predicted molar refractivity (Wildman–Crippen MR) is 112 cm³/mol. The third kappa shape index (κ3) is 4.03. The number of nitrogens with one attached hydrogen (secondary N) is 2. The van der Waals surface area contributed by atoms with Crippen LogP contribution in [0.2, 0.25) is 0 Å². The quantitative estimate of drug-likeness (QED) is 0.692. The van der Waals surface area contributed by atoms with Gasteiger partial charge in [0.2, 0.25) is 0 Å². The number of H-pyrrole nitrogens is 1. The highest BCUT2D eigenvalue weighted by molar-refractivity contribution is 5.95. The zero-order valence-electron chi connectivity index (χ0n) is 16.7. The van der Waals surface area contributed by atoms with Gasteiger partial charge >= 0.3 is 5.69 Å². The van der Waals surface area contributed by atoms with Crippen LogP contribution < -0.4 is 11.0 Å². The van der Waals surface area contributed by atoms with Crippen LogP contribution in [-0.2, 0) is 0 Å². The van der Waals surface area contributed by atoms with E-state index in [1.165, 1.54) is 0 Å². The van der Waals surface area contributed by atoms with E-state index in [1.807, 2.05) is 6.92 Å². The smallest absolute Gasteiger partial charge is 0.330 e. The summed E-state index contributed by atoms with van der Waals surface area (Å²) in [5.41, 5.74) is 2.43. The summed E-state index contributed by atoms with van der Waals surface area (Å²) in [5.74, 6) is -0.185. The minimum absolute atomic E-state index is 0.0348. The van der Waals surface area contributed by atoms with E-state index in [1.54, 1.807) is 64.5 Å². The molecular formula is C22H23N5O3. The fourth-order valence-corrected chi connectivity index (χ4v) is 3.70. The van der Waals surface area contributed by atoms with Crippen molar-refractivity contribution in [3.05, 3.63) is 82.3 Å². The summed E-state index contributed by atoms with van der Waals surface area (Å²) >= 11 is 0. The molecule has 1 fully saturated rings. The molecule has 0 bridgehead atoms. The first-order chi connectivity index (χ1) is 14.5. The fourth-order valence-electron chi connectivity index (χ4n) is 3.70. The summed E-state index contributed by atoms with van der Waals surface area (Å²) in [6, 6.07) is 10.5. The van der Waals surface area contributed by atoms with Crippen molar-refractivity contribution < 1.29 is 9.59 Å². The maximum atomic E-state index is 12.8. The summed E-state index contributed by atoms with van der Waals surface area (Å²) in [7, 11) is 0. The Bertz CT molecular complexity index is 1090. The van der Waals surface area contributed by atoms with E-state index < -0.39 is 0 Å². The summed E-state index contributed by atoms with van der Waals surface area (Å²) < 4.78 is 1.56. The number of aryl methyl sites for hydroxylation is 1. The highest BCUT2D eigenvalue weighted by atomic mass is 16.2. The SMILES string of the molecule is Cc1c[nH]c(=O)n1-c1ccc(C(=O)N2CCC(NC(=O)c3cccnc3)CC2)cc1. The molecular weight excluding hydrogens is 382 g/mol. The number of imidazole rings is 1. The van der Waals surface area contributed by atoms with Gasteiger partial charge in [-0.15, -0.1) is 0 Å². The maximum Gasteiger partial charge on any atom is 0.330 e. The normalized spacial score (nSPS) is 14.5. The largest absolute Gasteiger partial charge is 0.349 e. The highest BCUT2D eigenvalue weighted by Gasteiger charge is 2.25. The fraction of sp³-hybridized carbons (Fsp3) is 0.273. The first-order valence-corrected chi connectivity index (χ1v) is 9.90. The van der Waals surface area contributed by atoms with E-state index in [4.69, 9.17) is 0 Å². The molecule has 8 nitrogen and oxygen atoms in total. The average molecular weight is 405 g/mol. The number of likely N-dealkylation sites (tertiary alicyclic amines) is 1. The lowest BCUT2D eigenvalue weighted by Gasteiger charge is -2.32. The maximum absolute atomic E-state index is 12.8. The van der Waals surface area contributed by atoms with Crippen LogP contribution in [-0.4, -0.2) is 50.4 Å². The Morgan fingerprint density at radius 2 is 1.83 bits per heavy atom. The van der Waals surface area contributed by atoms with Crippen LogP contribution in [0.25, 0.3) is 5.69 Å². The zero-order valence-corrected chi connectivity index (χ0v) is 16.7. The van der Waals surface area contributed by atoms with Crippen molar-refractivity contribution in [1.29, 1.82) is 0 Å². The number of nitrogens with zero attached hydrogens (tertiary/aromatic N) is 3. The van der Waals surface area contributed by atoms with E-state index in [0.29, 0.717) is 42.7 Å². The standard InChI is InChI=1S/C22H23N5O3/c1-15-13-24-22(30)27(15)19-6-4-16(5-7-19)21(29)26-11-8-18(9-12-26)25-20(28)17-3-2-10-23-14-17/h2-7,10,13-14,18H,8-9,11-12H2,1H3,(H,24,30)(H,25,28). The molecule has 0 saturated carbocycles. The molecule has 0 unspecified atom stereocenters. The number of aromatic nitrogens is 3. The molecule has 1 aliphatic rings. The van der Waals surface area contributed by atoms with Crippen molar-refractivity contribution in [3.63, 3.8) is 0 Å². The number of carbonyl (C=O) groups is 2. The lowest BCUT2D eigenvalue weighted by Crippen LogP contribution is -2.46. The Morgan fingerprint density at radius 3 is 2.43 bits per heavy atom. The molecule has 30 heavy (non-hydrogen) atoms. The lowest BCUT2D eigenvalue weighted by atomic mass is 10.0. The molecule has 4 rings (SSSR count). The second-order valence-corrected chi connectivity index (χ2v) is 7.40. The van der Waals surface area contributed by atoms with Crippen LogP contribution >= 0.6 is 0 Å². The van der Waals surface area contributed by atoms with E-state index in [-0.39, 0.29) is 23.5 Å². The molecule has 1 aliphatic heterocycles. The topological polar surface area (TPSA) is 100 Å². The Balaban J connectivity index is 1.35. The van der Waals surface area contributed by atoms with Crippen molar-refractivity contribution >= 4 is 11.8 Å². The Hall–Kier alpha value is -3.68. The molecule has 0 spiro atoms. The molecule has 1 saturated heterocycles. The Kier molecular flexibility index (Phi) is 5.47. The molecule has 0 aliphatic carbocycles. The van der Waals surface area contributed by atoms with Gasteiger partial charge in [-0.1, -0.05) is 0 Å². The summed E-state index contributed by atoms with van der Waals surface area (Å²) in [6.07, 6.45) is 6.23. The van der Waals surface area contributed by atoms with E-state index >= 15 is 0 Å². The minimum atomic E-state index is -0.207. The molecule has 8 heteroatoms. The third-order valence-electron chi connectivity index (χ3n) is 5.37. The molecule has 0 atom stereocenters. The van der Waals surface area contributed by atoms with E-state index in [0.717, 1.165) is 5.69 Å². The summed E-state index contributed by atoms with van der Waals surface area (Å²) in [5, 5.41) is 3.02. The van der Waals surface area contributed by atoms with Crippen molar-refractivity contribution in [2.45, 2.75) is 25.8 Å². The van der Waals surface area contributed by atoms with Gasteiger partial charge < -0.3 is 15.2 Å². The van der Waals surface area contributed by atoms with Gasteiger partial charge in [0, 0.05) is 49.0 Å². The van der Waals surface area contributed by atoms with Crippen LogP contribution in [0.15, 0.2) is 59.8 Å². The molecule has 2 amide bonds. The van der Waals surface area contributed by atoms with Crippen molar-refractivity contribution in [2.24, 2.45) is 0 Å². The molecule has 3 aromatic rings. The Morgan fingerprint density at radius 1 is 1.10 bits per heavy atom. The second kappa shape index (κ2) is 8.36. The summed E-state index contributed by atoms with van der Waals surface area (Å²) in [4.78, 5) is 45.4. The number of carbonyl (C=O) groups excluding carboxylic acids is 2. The number of hydrogen-bond acceptors (Lipinski definition) is 4. The first kappa shape index (κ1) is 19.6. The van der Waals surface area contributed by atoms with Gasteiger partial charge in [-0.25, -0.2) is 4.79 Å². The van der Waals surface area contributed by atoms with Crippen LogP contribution in [0.1, 0.15) is 39.3 Å². The van der Waals surface area contributed by atoms with Gasteiger partial charge in [0.1, 0.15) is 0 Å². The number of piperidine rings is 1. The molecule has 2 N–H and O–H groups in total. The van der Waals surface area contributed by atoms with Gasteiger partial charge in [-0.2, -0.15) is 0 Å². The number of benzene rings is 1. The van der Waals surface area contributed by atoms with Crippen LogP contribution in [0.5, 0.6) is 0 Å². The number of pyridine rings is 1. The van der Waals surface area contributed by atoms with Gasteiger partial charge in [0.05, 0.1) is 11.3 Å². The monoisotopic (exact) mass is 405 g/mol. The molecule has 154 valence electrons. The Labute approximate surface area is 173 Å². The molecule has 3 heterocycles. The van der Waals surface area contributed by atoms with Crippen LogP contribution in [0, 0.1) is 6.92 Å². The second-order valence-electron chi connectivity index (χ2n) is 7.40. The lowest BCUT2D eigenvalue weighted by molar-refractivity contribution is 0.0698. The molecule has 2 aromatic heterocycles. The molecule has 0 radical (unpaired) electrons. The predicted octanol–water partition coefficient (Wildman–Crippen LogP) is 1.90. The minimum Gasteiger partial charge on any atom is -0.349 e. The average Bonchev–Trinajstić information content (AvgIpc) is 3.12. The molecule has 1 aromatic carbocycles. The third-order valence-corrected chi connectivity index (χ3v) is 5.37. The van der Waals surface area contributed by atoms with Crippen LogP contribution in [0.3, 0.4) is 0 Å². The van der Waals surface area contributed by atoms with Gasteiger partial charge in [-0.3, -0.25) is 19.1 Å². The zero-order chi connectivity index (χ0) is 21.1. The summed E-state index contributed by atoms with van der Waals surface area (Å²) in [6.45, 7) is 3.00. The number of rotatable bonds is 4. The van der Waals surface area contributed by atoms with E-state index in [2.05, 4.69) is 15.3 Å². The number of hydrogen-bond donors (Lipinski definition) is 2. The van der Waals surface area contributed by atoms with Crippen LogP contribution in [0.4, 0.5) is 0 Å². The number of amides is 2. The van der Waals surface area contributed by atoms with Crippen molar-refractivity contribution in [1.82, 2.24) is 24.8 Å². The highest BCUT2D eigenvalue weighted by Crippen LogP contribution is 2.16. The van der Waals surface area contributed by atoms with Gasteiger partial charge in [-0.05, 0) is 56.2 Å². The number of aromatic amines is 1. The first-order valence-electron chi connectivity index (χ1n) is 9.90. The van der Waals surface area contributed by atoms with E-state index in [9.17, 15) is 14.4 Å². The van der Waals surface area contributed by atoms with Gasteiger partial charge in [0.15, 0.2) is 0 Å².